The lowest BCUT2D eigenvalue weighted by molar-refractivity contribution is 2.00. The fourth-order valence-corrected chi connectivity index (χ4v) is 0. The maximum Gasteiger partial charge on any atom is -0.0352 e. The monoisotopic (exact) mass is 124 g/mol. The van der Waals surface area contributed by atoms with Gasteiger partial charge in [0.1, 0.15) is 0 Å². The molecule has 6 heavy (non-hydrogen) atoms. The van der Waals surface area contributed by atoms with Crippen LogP contribution in [0.4, 0.5) is 0 Å². The molecule has 0 aliphatic heterocycles. The largest absolute Gasteiger partial charge is 0.240 e. The Morgan fingerprint density at radius 2 is 1.00 bits per heavy atom. The molecule has 0 unspecified atom stereocenters. The minimum Gasteiger partial charge on any atom is -0.240 e. The van der Waals surface area contributed by atoms with Crippen LogP contribution in [0.25, 0.3) is 0 Å². The highest BCUT2D eigenvalue weighted by Gasteiger charge is 1.98. The summed E-state index contributed by atoms with van der Waals surface area (Å²) in [6, 6.07) is 0. The summed E-state index contributed by atoms with van der Waals surface area (Å²) in [5.41, 5.74) is 0. The minimum atomic E-state index is -1.04. The van der Waals surface area contributed by atoms with Crippen LogP contribution in [0.3, 0.4) is 0 Å². The minimum absolute atomic E-state index is 1.04. The number of rotatable bonds is 0. The molecule has 0 aromatic carbocycles. The van der Waals surface area contributed by atoms with Gasteiger partial charge in [-0.15, -0.1) is 8.02 Å². The van der Waals surface area contributed by atoms with Gasteiger partial charge in [-0.1, -0.05) is 0 Å². The molecule has 0 spiro atoms. The normalized spacial score (nSPS) is 19.0. The van der Waals surface area contributed by atoms with Gasteiger partial charge in [0.25, 0.3) is 0 Å². The molecule has 0 rings (SSSR count). The maximum absolute atomic E-state index is 3.63. The van der Waals surface area contributed by atoms with E-state index in [0.717, 1.165) is 0 Å². The highest BCUT2D eigenvalue weighted by molar-refractivity contribution is 8.41. The molecule has 0 aliphatic carbocycles. The fraction of sp³-hybridized carbons (Fsp3) is 1.00. The third-order valence-corrected chi connectivity index (χ3v) is 0. The van der Waals surface area contributed by atoms with Crippen LogP contribution in [0.5, 0.6) is 0 Å². The van der Waals surface area contributed by atoms with E-state index in [1.807, 2.05) is 0 Å². The highest BCUT2D eigenvalue weighted by atomic mass is 32.6. The molecule has 0 saturated carbocycles. The lowest BCUT2D eigenvalue weighted by atomic mass is 11.8. The first kappa shape index (κ1) is 6.65. The second-order valence-corrected chi connectivity index (χ2v) is 14.7. The smallest absolute Gasteiger partial charge is 0.0352 e. The quantitative estimate of drug-likeness (QED) is 0.426. The third-order valence-electron chi connectivity index (χ3n) is 0. The van der Waals surface area contributed by atoms with E-state index in [0.29, 0.717) is 0 Å². The van der Waals surface area contributed by atoms with E-state index in [1.54, 1.807) is 0 Å². The molecule has 40 valence electrons. The van der Waals surface area contributed by atoms with Gasteiger partial charge >= 0.3 is 0 Å². The zero-order valence-corrected chi connectivity index (χ0v) is 6.72. The average Bonchev–Trinajstić information content (AvgIpc) is 0.650. The topological polar surface area (TPSA) is 0 Å². The van der Waals surface area contributed by atoms with Crippen molar-refractivity contribution in [1.82, 2.24) is 0 Å². The van der Waals surface area contributed by atoms with Crippen molar-refractivity contribution in [2.24, 2.45) is 0 Å². The number of hydrogen-bond acceptors (Lipinski definition) is 0. The third kappa shape index (κ3) is 147. The van der Waals surface area contributed by atoms with Crippen LogP contribution >= 0.6 is 8.02 Å². The Morgan fingerprint density at radius 1 is 1.00 bits per heavy atom. The van der Waals surface area contributed by atoms with E-state index < -0.39 is 8.34 Å². The second kappa shape index (κ2) is 1.08. The average molecular weight is 124 g/mol. The molecular weight excluding hydrogens is 111 g/mol. The van der Waals surface area contributed by atoms with Crippen LogP contribution in [0.2, 0.25) is 0 Å². The van der Waals surface area contributed by atoms with Crippen molar-refractivity contribution in [3.8, 4) is 0 Å². The standard InChI is InChI=1S/C4H13PS/c1-6(2,3,4)5/h5H,1-4H3. The molecule has 0 heterocycles. The van der Waals surface area contributed by atoms with Crippen LogP contribution in [-0.2, 0) is 8.34 Å². The zero-order chi connectivity index (χ0) is 5.45. The Labute approximate surface area is 42.1 Å². The Bertz CT molecular complexity index is 85.2. The summed E-state index contributed by atoms with van der Waals surface area (Å²) in [6.07, 6.45) is 8.92. The first-order valence-corrected chi connectivity index (χ1v) is 6.74. The molecule has 2 heteroatoms. The summed E-state index contributed by atoms with van der Waals surface area (Å²) in [7, 11) is 2.59. The summed E-state index contributed by atoms with van der Waals surface area (Å²) in [5.74, 6) is 0. The summed E-state index contributed by atoms with van der Waals surface area (Å²) in [5, 5.41) is 0. The second-order valence-electron chi connectivity index (χ2n) is 3.27. The van der Waals surface area contributed by atoms with Crippen LogP contribution < -0.4 is 0 Å². The van der Waals surface area contributed by atoms with Crippen molar-refractivity contribution < 1.29 is 0 Å². The van der Waals surface area contributed by atoms with E-state index in [9.17, 15) is 0 Å². The van der Waals surface area contributed by atoms with Gasteiger partial charge in [0, 0.05) is 0 Å². The molecule has 0 N–H and O–H groups in total. The van der Waals surface area contributed by atoms with Crippen molar-refractivity contribution >= 4 is 16.4 Å². The zero-order valence-electron chi connectivity index (χ0n) is 4.91. The summed E-state index contributed by atoms with van der Waals surface area (Å²) >= 11 is 0. The summed E-state index contributed by atoms with van der Waals surface area (Å²) < 4.78 is 0. The molecule has 0 amide bonds. The van der Waals surface area contributed by atoms with Crippen molar-refractivity contribution in [1.29, 1.82) is 0 Å². The molecule has 0 radical (unpaired) electrons. The van der Waals surface area contributed by atoms with E-state index in [-0.39, 0.29) is 0 Å². The molecule has 0 atom stereocenters. The Hall–Kier alpha value is 0.650. The van der Waals surface area contributed by atoms with Gasteiger partial charge in [-0.05, 0) is 25.0 Å². The van der Waals surface area contributed by atoms with Crippen LogP contribution in [0.1, 0.15) is 0 Å². The SMILES string of the molecule is CS(C)(C)(C)=P. The highest BCUT2D eigenvalue weighted by Crippen LogP contribution is 2.12. The summed E-state index contributed by atoms with van der Waals surface area (Å²) in [6.45, 7) is 0. The van der Waals surface area contributed by atoms with Gasteiger partial charge < -0.3 is 0 Å². The van der Waals surface area contributed by atoms with Gasteiger partial charge in [-0.25, -0.2) is 8.34 Å². The molecular formula is C4H13PS. The van der Waals surface area contributed by atoms with Gasteiger partial charge in [0.05, 0.1) is 0 Å². The molecule has 0 aliphatic rings. The lowest BCUT2D eigenvalue weighted by Gasteiger charge is -2.26. The Kier molecular flexibility index (Phi) is 1.19. The lowest BCUT2D eigenvalue weighted by Crippen LogP contribution is -2.18. The Balaban J connectivity index is 4.16. The first-order valence-electron chi connectivity index (χ1n) is 1.84. The van der Waals surface area contributed by atoms with Crippen LogP contribution in [-0.4, -0.2) is 25.0 Å². The van der Waals surface area contributed by atoms with E-state index >= 15 is 0 Å². The summed E-state index contributed by atoms with van der Waals surface area (Å²) in [4.78, 5) is 0. The van der Waals surface area contributed by atoms with Crippen LogP contribution in [0, 0.1) is 0 Å². The molecule has 0 fully saturated rings. The predicted molar refractivity (Wildman–Crippen MR) is 39.4 cm³/mol. The molecule has 0 bridgehead atoms. The predicted octanol–water partition coefficient (Wildman–Crippen LogP) is 1.25. The molecule has 0 nitrogen and oxygen atoms in total. The van der Waals surface area contributed by atoms with Gasteiger partial charge in [0.2, 0.25) is 0 Å². The molecule has 0 aromatic heterocycles. The number of hydrogen-bond donors (Lipinski definition) is 0. The molecule has 0 saturated heterocycles. The van der Waals surface area contributed by atoms with E-state index in [2.05, 4.69) is 33.0 Å². The molecule has 0 aromatic rings. The van der Waals surface area contributed by atoms with Gasteiger partial charge in [-0.2, -0.15) is 0 Å². The van der Waals surface area contributed by atoms with Gasteiger partial charge in [0.15, 0.2) is 0 Å². The fourth-order valence-electron chi connectivity index (χ4n) is 0. The maximum atomic E-state index is 3.63. The van der Waals surface area contributed by atoms with E-state index in [4.69, 9.17) is 0 Å². The van der Waals surface area contributed by atoms with Gasteiger partial charge in [-0.3, -0.25) is 0 Å². The van der Waals surface area contributed by atoms with Crippen molar-refractivity contribution in [2.45, 2.75) is 0 Å². The van der Waals surface area contributed by atoms with Crippen molar-refractivity contribution in [3.63, 3.8) is 0 Å². The Morgan fingerprint density at radius 3 is 1.00 bits per heavy atom. The first-order chi connectivity index (χ1) is 2.24. The van der Waals surface area contributed by atoms with Crippen molar-refractivity contribution in [3.05, 3.63) is 0 Å². The van der Waals surface area contributed by atoms with Crippen LogP contribution in [0.15, 0.2) is 0 Å². The van der Waals surface area contributed by atoms with Crippen molar-refractivity contribution in [2.75, 3.05) is 25.0 Å². The van der Waals surface area contributed by atoms with E-state index in [1.165, 1.54) is 0 Å².